The largest absolute Gasteiger partial charge is 0.497 e. The van der Waals surface area contributed by atoms with Gasteiger partial charge in [0.05, 0.1) is 32.3 Å². The van der Waals surface area contributed by atoms with E-state index in [1.807, 2.05) is 36.4 Å². The van der Waals surface area contributed by atoms with Crippen molar-refractivity contribution < 1.29 is 19.4 Å². The summed E-state index contributed by atoms with van der Waals surface area (Å²) in [7, 11) is 1.63. The summed E-state index contributed by atoms with van der Waals surface area (Å²) in [5.74, 6) is 1.97. The Morgan fingerprint density at radius 3 is 2.74 bits per heavy atom. The first-order chi connectivity index (χ1) is 13.1. The lowest BCUT2D eigenvalue weighted by molar-refractivity contribution is -0.122. The van der Waals surface area contributed by atoms with Gasteiger partial charge in [-0.25, -0.2) is 0 Å². The van der Waals surface area contributed by atoms with E-state index in [-0.39, 0.29) is 24.0 Å². The molecule has 5 nitrogen and oxygen atoms in total. The average molecular weight is 367 g/mol. The molecule has 5 heteroatoms. The number of carbonyl (C=O) groups excluding carboxylic acids is 1. The molecule has 0 bridgehead atoms. The molecule has 2 aromatic rings. The number of benzene rings is 2. The van der Waals surface area contributed by atoms with Crippen molar-refractivity contribution in [3.05, 3.63) is 59.2 Å². The molecule has 0 spiro atoms. The zero-order valence-corrected chi connectivity index (χ0v) is 15.5. The first kappa shape index (κ1) is 17.9. The highest BCUT2D eigenvalue weighted by molar-refractivity contribution is 5.79. The van der Waals surface area contributed by atoms with Crippen molar-refractivity contribution in [3.8, 4) is 11.5 Å². The standard InChI is InChI=1S/C22H25NO4/c1-26-19-5-2-14(3-6-19)10-21(25)23-22(17-12-18(24)13-17)16-4-7-20-15(11-16)8-9-27-20/h2-7,11,17-18,22,24H,8-10,12-13H2,1H3,(H,23,25)/t17?,18?,22-/m1/s1. The Morgan fingerprint density at radius 1 is 1.26 bits per heavy atom. The van der Waals surface area contributed by atoms with Crippen LogP contribution in [-0.2, 0) is 17.6 Å². The summed E-state index contributed by atoms with van der Waals surface area (Å²) < 4.78 is 10.8. The molecule has 1 aliphatic heterocycles. The number of methoxy groups -OCH3 is 1. The first-order valence-corrected chi connectivity index (χ1v) is 9.48. The van der Waals surface area contributed by atoms with E-state index in [4.69, 9.17) is 9.47 Å². The van der Waals surface area contributed by atoms with Crippen molar-refractivity contribution in [2.24, 2.45) is 5.92 Å². The number of fused-ring (bicyclic) bond motifs is 1. The van der Waals surface area contributed by atoms with Gasteiger partial charge >= 0.3 is 0 Å². The lowest BCUT2D eigenvalue weighted by Gasteiger charge is -2.38. The fourth-order valence-corrected chi connectivity index (χ4v) is 3.93. The van der Waals surface area contributed by atoms with Crippen molar-refractivity contribution in [2.45, 2.75) is 37.8 Å². The maximum absolute atomic E-state index is 12.7. The first-order valence-electron chi connectivity index (χ1n) is 9.48. The fraction of sp³-hybridized carbons (Fsp3) is 0.409. The van der Waals surface area contributed by atoms with Crippen LogP contribution in [0, 0.1) is 5.92 Å². The fourth-order valence-electron chi connectivity index (χ4n) is 3.93. The van der Waals surface area contributed by atoms with Crippen molar-refractivity contribution in [1.29, 1.82) is 0 Å². The minimum absolute atomic E-state index is 0.0108. The van der Waals surface area contributed by atoms with Crippen molar-refractivity contribution in [2.75, 3.05) is 13.7 Å². The molecular formula is C22H25NO4. The number of hydrogen-bond acceptors (Lipinski definition) is 4. The zero-order valence-electron chi connectivity index (χ0n) is 15.5. The van der Waals surface area contributed by atoms with E-state index >= 15 is 0 Å². The van der Waals surface area contributed by atoms with Crippen LogP contribution in [0.5, 0.6) is 11.5 Å². The highest BCUT2D eigenvalue weighted by Gasteiger charge is 2.36. The Balaban J connectivity index is 1.48. The quantitative estimate of drug-likeness (QED) is 0.824. The van der Waals surface area contributed by atoms with E-state index in [0.717, 1.165) is 48.5 Å². The highest BCUT2D eigenvalue weighted by atomic mass is 16.5. The Hall–Kier alpha value is -2.53. The molecule has 0 unspecified atom stereocenters. The van der Waals surface area contributed by atoms with Crippen LogP contribution in [0.3, 0.4) is 0 Å². The molecule has 2 aromatic carbocycles. The van der Waals surface area contributed by atoms with Crippen LogP contribution >= 0.6 is 0 Å². The molecule has 0 aromatic heterocycles. The molecule has 1 saturated carbocycles. The SMILES string of the molecule is COc1ccc(CC(=O)N[C@H](c2ccc3c(c2)CCO3)C2CC(O)C2)cc1. The van der Waals surface area contributed by atoms with E-state index in [0.29, 0.717) is 6.42 Å². The van der Waals surface area contributed by atoms with Crippen molar-refractivity contribution in [1.82, 2.24) is 5.32 Å². The number of rotatable bonds is 6. The molecule has 1 aliphatic carbocycles. The summed E-state index contributed by atoms with van der Waals surface area (Å²) in [6.07, 6.45) is 2.42. The van der Waals surface area contributed by atoms with Crippen LogP contribution in [0.2, 0.25) is 0 Å². The summed E-state index contributed by atoms with van der Waals surface area (Å²) in [6, 6.07) is 13.6. The van der Waals surface area contributed by atoms with Crippen LogP contribution in [0.1, 0.15) is 35.6 Å². The van der Waals surface area contributed by atoms with Gasteiger partial charge in [-0.15, -0.1) is 0 Å². The predicted octanol–water partition coefficient (Wildman–Crippen LogP) is 2.80. The highest BCUT2D eigenvalue weighted by Crippen LogP contribution is 2.39. The molecule has 1 atom stereocenters. The van der Waals surface area contributed by atoms with E-state index < -0.39 is 0 Å². The van der Waals surface area contributed by atoms with Gasteiger partial charge in [-0.1, -0.05) is 18.2 Å². The van der Waals surface area contributed by atoms with Gasteiger partial charge in [0.1, 0.15) is 11.5 Å². The maximum Gasteiger partial charge on any atom is 0.224 e. The molecule has 1 amide bonds. The van der Waals surface area contributed by atoms with E-state index in [9.17, 15) is 9.90 Å². The van der Waals surface area contributed by atoms with E-state index in [1.54, 1.807) is 7.11 Å². The molecule has 1 fully saturated rings. The molecule has 2 aliphatic rings. The lowest BCUT2D eigenvalue weighted by atomic mass is 9.74. The molecule has 0 radical (unpaired) electrons. The van der Waals surface area contributed by atoms with Gasteiger partial charge in [0, 0.05) is 6.42 Å². The monoisotopic (exact) mass is 367 g/mol. The summed E-state index contributed by atoms with van der Waals surface area (Å²) in [5.41, 5.74) is 3.24. The minimum atomic E-state index is -0.256. The third-order valence-electron chi connectivity index (χ3n) is 5.53. The number of aliphatic hydroxyl groups excluding tert-OH is 1. The van der Waals surface area contributed by atoms with Gasteiger partial charge in [0.2, 0.25) is 5.91 Å². The van der Waals surface area contributed by atoms with Gasteiger partial charge in [0.15, 0.2) is 0 Å². The average Bonchev–Trinajstić information content (AvgIpc) is 3.12. The Labute approximate surface area is 159 Å². The van der Waals surface area contributed by atoms with Crippen LogP contribution in [0.25, 0.3) is 0 Å². The molecule has 2 N–H and O–H groups in total. The van der Waals surface area contributed by atoms with Crippen molar-refractivity contribution >= 4 is 5.91 Å². The Morgan fingerprint density at radius 2 is 2.04 bits per heavy atom. The third-order valence-corrected chi connectivity index (χ3v) is 5.53. The van der Waals surface area contributed by atoms with Crippen LogP contribution in [0.4, 0.5) is 0 Å². The predicted molar refractivity (Wildman–Crippen MR) is 102 cm³/mol. The number of hydrogen-bond donors (Lipinski definition) is 2. The summed E-state index contributed by atoms with van der Waals surface area (Å²) >= 11 is 0. The molecular weight excluding hydrogens is 342 g/mol. The number of amides is 1. The van der Waals surface area contributed by atoms with Crippen LogP contribution in [0.15, 0.2) is 42.5 Å². The van der Waals surface area contributed by atoms with Crippen LogP contribution in [-0.4, -0.2) is 30.8 Å². The minimum Gasteiger partial charge on any atom is -0.497 e. The van der Waals surface area contributed by atoms with Gasteiger partial charge in [-0.3, -0.25) is 4.79 Å². The topological polar surface area (TPSA) is 67.8 Å². The van der Waals surface area contributed by atoms with E-state index in [1.165, 1.54) is 5.56 Å². The second-order valence-electron chi connectivity index (χ2n) is 7.42. The number of nitrogens with one attached hydrogen (secondary N) is 1. The van der Waals surface area contributed by atoms with Gasteiger partial charge in [-0.05, 0) is 59.7 Å². The third kappa shape index (κ3) is 3.93. The molecule has 1 heterocycles. The molecule has 142 valence electrons. The number of aliphatic hydroxyl groups is 1. The maximum atomic E-state index is 12.7. The van der Waals surface area contributed by atoms with Gasteiger partial charge < -0.3 is 19.9 Å². The zero-order chi connectivity index (χ0) is 18.8. The van der Waals surface area contributed by atoms with Gasteiger partial charge in [-0.2, -0.15) is 0 Å². The second kappa shape index (κ2) is 7.61. The lowest BCUT2D eigenvalue weighted by Crippen LogP contribution is -2.41. The summed E-state index contributed by atoms with van der Waals surface area (Å²) in [4.78, 5) is 12.7. The number of carbonyl (C=O) groups is 1. The summed E-state index contributed by atoms with van der Waals surface area (Å²) in [5, 5.41) is 12.9. The normalized spacial score (nSPS) is 21.6. The van der Waals surface area contributed by atoms with Crippen molar-refractivity contribution in [3.63, 3.8) is 0 Å². The van der Waals surface area contributed by atoms with Gasteiger partial charge in [0.25, 0.3) is 0 Å². The van der Waals surface area contributed by atoms with Crippen LogP contribution < -0.4 is 14.8 Å². The molecule has 0 saturated heterocycles. The Bertz CT molecular complexity index is 812. The second-order valence-corrected chi connectivity index (χ2v) is 7.42. The number of ether oxygens (including phenoxy) is 2. The smallest absolute Gasteiger partial charge is 0.224 e. The van der Waals surface area contributed by atoms with E-state index in [2.05, 4.69) is 11.4 Å². The molecule has 27 heavy (non-hydrogen) atoms. The Kier molecular flexibility index (Phi) is 5.03. The molecule has 4 rings (SSSR count). The summed E-state index contributed by atoms with van der Waals surface area (Å²) in [6.45, 7) is 0.718.